The average Bonchev–Trinajstić information content (AvgIpc) is 3.57. The summed E-state index contributed by atoms with van der Waals surface area (Å²) in [5.41, 5.74) is 0.870. The van der Waals surface area contributed by atoms with Gasteiger partial charge in [0.15, 0.2) is 5.78 Å². The molecule has 2 aromatic carbocycles. The van der Waals surface area contributed by atoms with Crippen LogP contribution in [0.4, 0.5) is 0 Å². The van der Waals surface area contributed by atoms with Crippen LogP contribution in [0.25, 0.3) is 0 Å². The second-order valence-corrected chi connectivity index (χ2v) is 12.2. The Morgan fingerprint density at radius 2 is 1.59 bits per heavy atom. The van der Waals surface area contributed by atoms with E-state index in [0.717, 1.165) is 42.0 Å². The summed E-state index contributed by atoms with van der Waals surface area (Å²) in [6.07, 6.45) is 3.38. The molecule has 2 aromatic rings. The highest BCUT2D eigenvalue weighted by molar-refractivity contribution is 8.72. The Morgan fingerprint density at radius 3 is 2.21 bits per heavy atom. The molecule has 1 heterocycles. The van der Waals surface area contributed by atoms with Crippen LogP contribution in [0.1, 0.15) is 37.3 Å². The lowest BCUT2D eigenvalue weighted by Crippen LogP contribution is -2.41. The van der Waals surface area contributed by atoms with Crippen molar-refractivity contribution in [1.82, 2.24) is 4.90 Å². The van der Waals surface area contributed by atoms with E-state index in [1.807, 2.05) is 30.3 Å². The van der Waals surface area contributed by atoms with Crippen molar-refractivity contribution >= 4 is 37.0 Å². The number of halogens is 1. The van der Waals surface area contributed by atoms with Crippen molar-refractivity contribution in [2.24, 2.45) is 5.92 Å². The lowest BCUT2D eigenvalue weighted by atomic mass is 9.95. The summed E-state index contributed by atoms with van der Waals surface area (Å²) in [6.45, 7) is 1.38. The van der Waals surface area contributed by atoms with Crippen molar-refractivity contribution < 1.29 is 13.2 Å². The number of likely N-dealkylation sites (tertiary alicyclic amines) is 1. The van der Waals surface area contributed by atoms with Crippen molar-refractivity contribution in [3.05, 3.63) is 65.2 Å². The van der Waals surface area contributed by atoms with E-state index in [4.69, 9.17) is 11.6 Å². The second kappa shape index (κ2) is 8.80. The summed E-state index contributed by atoms with van der Waals surface area (Å²) >= 11 is 6.43. The van der Waals surface area contributed by atoms with E-state index in [1.54, 1.807) is 24.3 Å². The molecule has 1 saturated carbocycles. The minimum Gasteiger partial charge on any atom is -0.297 e. The number of ketones is 1. The first kappa shape index (κ1) is 20.9. The van der Waals surface area contributed by atoms with Crippen LogP contribution < -0.4 is 0 Å². The van der Waals surface area contributed by atoms with Gasteiger partial charge >= 0.3 is 0 Å². The molecular formula is C22H24ClNO3S2. The van der Waals surface area contributed by atoms with Gasteiger partial charge < -0.3 is 0 Å². The normalized spacial score (nSPS) is 19.8. The quantitative estimate of drug-likeness (QED) is 0.560. The van der Waals surface area contributed by atoms with E-state index in [-0.39, 0.29) is 23.0 Å². The van der Waals surface area contributed by atoms with Gasteiger partial charge in [0, 0.05) is 29.3 Å². The van der Waals surface area contributed by atoms with Crippen LogP contribution in [0.15, 0.2) is 59.5 Å². The topological polar surface area (TPSA) is 54.5 Å². The maximum atomic E-state index is 13.1. The Bertz CT molecular complexity index is 969. The Labute approximate surface area is 180 Å². The molecule has 0 aromatic heterocycles. The fourth-order valence-corrected chi connectivity index (χ4v) is 7.79. The van der Waals surface area contributed by atoms with Crippen molar-refractivity contribution in [3.63, 3.8) is 0 Å². The van der Waals surface area contributed by atoms with Crippen LogP contribution in [0.3, 0.4) is 0 Å². The van der Waals surface area contributed by atoms with Crippen LogP contribution in [-0.4, -0.2) is 37.4 Å². The molecule has 1 aliphatic heterocycles. The molecule has 29 heavy (non-hydrogen) atoms. The molecule has 154 valence electrons. The number of nitrogens with zero attached hydrogens (tertiary/aromatic N) is 1. The Kier molecular flexibility index (Phi) is 6.35. The Balaban J connectivity index is 1.46. The van der Waals surface area contributed by atoms with Crippen LogP contribution in [-0.2, 0) is 13.7 Å². The largest absolute Gasteiger partial charge is 0.297 e. The number of benzene rings is 2. The third kappa shape index (κ3) is 4.88. The van der Waals surface area contributed by atoms with Crippen molar-refractivity contribution in [2.45, 2.75) is 41.9 Å². The average molecular weight is 450 g/mol. The standard InChI is InChI=1S/C22H24ClNO3S2/c23-20-9-5-4-8-19(20)21(22(25)16-10-11-16)24-14-12-17(13-15-24)28-29(26,27)18-6-2-1-3-7-18/h1-9,16-17,21H,10-15H2. The number of piperidine rings is 1. The van der Waals surface area contributed by atoms with E-state index in [9.17, 15) is 13.2 Å². The number of carbonyl (C=O) groups is 1. The van der Waals surface area contributed by atoms with Crippen molar-refractivity contribution in [1.29, 1.82) is 0 Å². The molecule has 2 aliphatic rings. The summed E-state index contributed by atoms with van der Waals surface area (Å²) in [5, 5.41) is 0.647. The van der Waals surface area contributed by atoms with E-state index in [2.05, 4.69) is 4.90 Å². The molecule has 0 amide bonds. The lowest BCUT2D eigenvalue weighted by molar-refractivity contribution is -0.126. The third-order valence-corrected chi connectivity index (χ3v) is 9.93. The predicted octanol–water partition coefficient (Wildman–Crippen LogP) is 4.95. The molecule has 0 bridgehead atoms. The molecular weight excluding hydrogens is 426 g/mol. The first-order chi connectivity index (χ1) is 14.0. The first-order valence-electron chi connectivity index (χ1n) is 9.96. The minimum atomic E-state index is -3.37. The van der Waals surface area contributed by atoms with Gasteiger partial charge in [-0.15, -0.1) is 0 Å². The van der Waals surface area contributed by atoms with Crippen molar-refractivity contribution in [2.75, 3.05) is 13.1 Å². The summed E-state index contributed by atoms with van der Waals surface area (Å²) < 4.78 is 25.3. The molecule has 1 saturated heterocycles. The van der Waals surface area contributed by atoms with Gasteiger partial charge in [-0.05, 0) is 60.2 Å². The molecule has 0 N–H and O–H groups in total. The molecule has 0 radical (unpaired) electrons. The molecule has 1 unspecified atom stereocenters. The van der Waals surface area contributed by atoms with Gasteiger partial charge in [-0.25, -0.2) is 8.42 Å². The molecule has 0 spiro atoms. The highest BCUT2D eigenvalue weighted by atomic mass is 35.5. The van der Waals surface area contributed by atoms with Crippen LogP contribution in [0.2, 0.25) is 5.02 Å². The zero-order valence-electron chi connectivity index (χ0n) is 16.0. The molecule has 1 atom stereocenters. The summed E-state index contributed by atoms with van der Waals surface area (Å²) in [5.74, 6) is 0.392. The van der Waals surface area contributed by atoms with E-state index in [1.165, 1.54) is 0 Å². The smallest absolute Gasteiger partial charge is 0.230 e. The maximum absolute atomic E-state index is 13.1. The SMILES string of the molecule is O=C(C1CC1)C(c1ccccc1Cl)N1CCC(SS(=O)(=O)c2ccccc2)CC1. The van der Waals surface area contributed by atoms with E-state index in [0.29, 0.717) is 23.0 Å². The molecule has 2 fully saturated rings. The number of rotatable bonds is 7. The number of hydrogen-bond acceptors (Lipinski definition) is 5. The zero-order valence-corrected chi connectivity index (χ0v) is 18.4. The van der Waals surface area contributed by atoms with Gasteiger partial charge in [-0.1, -0.05) is 48.0 Å². The third-order valence-electron chi connectivity index (χ3n) is 5.59. The minimum absolute atomic E-state index is 0.0272. The fraction of sp³-hybridized carbons (Fsp3) is 0.409. The van der Waals surface area contributed by atoms with Gasteiger partial charge in [-0.3, -0.25) is 9.69 Å². The Morgan fingerprint density at radius 1 is 0.966 bits per heavy atom. The first-order valence-corrected chi connectivity index (χ1v) is 13.2. The molecule has 4 rings (SSSR count). The van der Waals surface area contributed by atoms with Gasteiger partial charge in [0.05, 0.1) is 10.9 Å². The summed E-state index contributed by atoms with van der Waals surface area (Å²) in [4.78, 5) is 15.6. The van der Waals surface area contributed by atoms with Gasteiger partial charge in [0.1, 0.15) is 0 Å². The van der Waals surface area contributed by atoms with Gasteiger partial charge in [-0.2, -0.15) is 0 Å². The molecule has 1 aliphatic carbocycles. The zero-order chi connectivity index (χ0) is 20.4. The van der Waals surface area contributed by atoms with Crippen LogP contribution >= 0.6 is 22.4 Å². The number of Topliss-reactive ketones (excluding diaryl/α,β-unsaturated/α-hetero) is 1. The number of hydrogen-bond donors (Lipinski definition) is 0. The van der Waals surface area contributed by atoms with E-state index >= 15 is 0 Å². The lowest BCUT2D eigenvalue weighted by Gasteiger charge is -2.37. The van der Waals surface area contributed by atoms with E-state index < -0.39 is 8.87 Å². The predicted molar refractivity (Wildman–Crippen MR) is 118 cm³/mol. The second-order valence-electron chi connectivity index (χ2n) is 7.70. The Hall–Kier alpha value is -1.34. The van der Waals surface area contributed by atoms with Crippen LogP contribution in [0.5, 0.6) is 0 Å². The maximum Gasteiger partial charge on any atom is 0.230 e. The summed E-state index contributed by atoms with van der Waals surface area (Å²) in [6, 6.07) is 15.8. The number of carbonyl (C=O) groups excluding carboxylic acids is 1. The highest BCUT2D eigenvalue weighted by Gasteiger charge is 2.40. The molecule has 7 heteroatoms. The highest BCUT2D eigenvalue weighted by Crippen LogP contribution is 2.41. The fourth-order valence-electron chi connectivity index (χ4n) is 3.87. The van der Waals surface area contributed by atoms with Gasteiger partial charge in [0.2, 0.25) is 8.87 Å². The van der Waals surface area contributed by atoms with Gasteiger partial charge in [0.25, 0.3) is 0 Å². The monoisotopic (exact) mass is 449 g/mol. The molecule has 4 nitrogen and oxygen atoms in total. The summed E-state index contributed by atoms with van der Waals surface area (Å²) in [7, 11) is -2.32. The van der Waals surface area contributed by atoms with Crippen molar-refractivity contribution in [3.8, 4) is 0 Å². The van der Waals surface area contributed by atoms with Crippen LogP contribution in [0, 0.1) is 5.92 Å².